The molecule has 0 spiro atoms. The van der Waals surface area contributed by atoms with Crippen LogP contribution in [-0.2, 0) is 0 Å². The molecule has 1 aliphatic heterocycles. The topological polar surface area (TPSA) is 99.8 Å². The van der Waals surface area contributed by atoms with Crippen molar-refractivity contribution in [2.45, 2.75) is 13.8 Å². The van der Waals surface area contributed by atoms with Crippen molar-refractivity contribution in [3.63, 3.8) is 0 Å². The molecule has 0 fully saturated rings. The first-order chi connectivity index (χ1) is 14.7. The summed E-state index contributed by atoms with van der Waals surface area (Å²) >= 11 is 5.38. The van der Waals surface area contributed by atoms with Crippen molar-refractivity contribution in [2.24, 2.45) is 5.92 Å². The molecule has 1 heterocycles. The number of aromatic carboxylic acids is 1. The minimum absolute atomic E-state index is 0.00372. The summed E-state index contributed by atoms with van der Waals surface area (Å²) in [6, 6.07) is 13.9. The second-order valence-corrected chi connectivity index (χ2v) is 7.96. The highest BCUT2D eigenvalue weighted by Crippen LogP contribution is 2.42. The van der Waals surface area contributed by atoms with Crippen molar-refractivity contribution in [3.05, 3.63) is 70.4 Å². The maximum atomic E-state index is 12.1. The fourth-order valence-electron chi connectivity index (χ4n) is 3.45. The van der Waals surface area contributed by atoms with Gasteiger partial charge in [-0.15, -0.1) is 0 Å². The molecule has 1 aliphatic carbocycles. The van der Waals surface area contributed by atoms with Gasteiger partial charge in [-0.3, -0.25) is 4.79 Å². The van der Waals surface area contributed by atoms with E-state index in [0.29, 0.717) is 44.1 Å². The number of nitrogens with one attached hydrogen (secondary N) is 1. The minimum atomic E-state index is -1.09. The Hall–Kier alpha value is -3.71. The highest BCUT2D eigenvalue weighted by molar-refractivity contribution is 7.80. The van der Waals surface area contributed by atoms with Crippen molar-refractivity contribution in [3.8, 4) is 28.2 Å². The number of phenols is 1. The van der Waals surface area contributed by atoms with E-state index in [1.165, 1.54) is 30.3 Å². The average Bonchev–Trinajstić information content (AvgIpc) is 2.71. The molecule has 2 aliphatic rings. The molecule has 0 saturated carbocycles. The van der Waals surface area contributed by atoms with Crippen LogP contribution >= 0.6 is 12.2 Å². The van der Waals surface area contributed by atoms with Gasteiger partial charge in [0.2, 0.25) is 0 Å². The summed E-state index contributed by atoms with van der Waals surface area (Å²) in [4.78, 5) is 24.6. The monoisotopic (exact) mass is 433 g/mol. The van der Waals surface area contributed by atoms with E-state index in [0.717, 1.165) is 0 Å². The zero-order chi connectivity index (χ0) is 22.3. The quantitative estimate of drug-likeness (QED) is 0.294. The lowest BCUT2D eigenvalue weighted by Crippen LogP contribution is -2.15. The number of carboxylic acids is 1. The number of phenolic OH excluding ortho intramolecular Hbond substituents is 1. The number of thiocarbonyl (C=S) groups is 1. The van der Waals surface area contributed by atoms with E-state index in [9.17, 15) is 19.8 Å². The molecule has 6 nitrogen and oxygen atoms in total. The lowest BCUT2D eigenvalue weighted by Gasteiger charge is -2.18. The number of fused-ring (bicyclic) bond motifs is 2. The van der Waals surface area contributed by atoms with Crippen molar-refractivity contribution < 1.29 is 19.4 Å². The van der Waals surface area contributed by atoms with E-state index in [2.05, 4.69) is 5.32 Å². The number of aromatic hydroxyl groups is 1. The zero-order valence-corrected chi connectivity index (χ0v) is 17.6. The highest BCUT2D eigenvalue weighted by Gasteiger charge is 2.22. The molecule has 0 saturated heterocycles. The fraction of sp³-hybridized carbons (Fsp3) is 0.125. The molecule has 31 heavy (non-hydrogen) atoms. The van der Waals surface area contributed by atoms with Gasteiger partial charge in [0.1, 0.15) is 17.1 Å². The van der Waals surface area contributed by atoms with Crippen LogP contribution in [0.5, 0.6) is 5.75 Å². The van der Waals surface area contributed by atoms with E-state index in [1.54, 1.807) is 24.3 Å². The first-order valence-electron chi connectivity index (χ1n) is 9.63. The Labute approximate surface area is 183 Å². The minimum Gasteiger partial charge on any atom is -0.508 e. The van der Waals surface area contributed by atoms with Crippen LogP contribution in [-0.4, -0.2) is 21.2 Å². The summed E-state index contributed by atoms with van der Waals surface area (Å²) in [6.07, 6.45) is 0. The van der Waals surface area contributed by atoms with Gasteiger partial charge in [-0.05, 0) is 48.0 Å². The predicted octanol–water partition coefficient (Wildman–Crippen LogP) is 5.36. The van der Waals surface area contributed by atoms with Crippen LogP contribution in [0.1, 0.15) is 24.2 Å². The van der Waals surface area contributed by atoms with Crippen LogP contribution < -0.4 is 10.7 Å². The summed E-state index contributed by atoms with van der Waals surface area (Å²) in [6.45, 7) is 3.93. The van der Waals surface area contributed by atoms with E-state index in [1.807, 2.05) is 13.8 Å². The summed E-state index contributed by atoms with van der Waals surface area (Å²) in [7, 11) is 0. The molecular weight excluding hydrogens is 414 g/mol. The van der Waals surface area contributed by atoms with Gasteiger partial charge in [-0.2, -0.15) is 0 Å². The number of benzene rings is 3. The van der Waals surface area contributed by atoms with E-state index in [4.69, 9.17) is 16.6 Å². The van der Waals surface area contributed by atoms with Gasteiger partial charge in [-0.25, -0.2) is 4.79 Å². The van der Waals surface area contributed by atoms with Gasteiger partial charge in [0.05, 0.1) is 10.6 Å². The number of hydrogen-bond donors (Lipinski definition) is 3. The number of hydrogen-bond acceptors (Lipinski definition) is 5. The Morgan fingerprint density at radius 3 is 2.52 bits per heavy atom. The summed E-state index contributed by atoms with van der Waals surface area (Å²) in [5, 5.41) is 23.5. The smallest absolute Gasteiger partial charge is 0.336 e. The molecule has 2 aromatic rings. The lowest BCUT2D eigenvalue weighted by atomic mass is 9.90. The van der Waals surface area contributed by atoms with Crippen molar-refractivity contribution in [1.82, 2.24) is 0 Å². The third kappa shape index (κ3) is 3.87. The van der Waals surface area contributed by atoms with Crippen molar-refractivity contribution in [2.75, 3.05) is 5.32 Å². The summed E-state index contributed by atoms with van der Waals surface area (Å²) in [5.41, 5.74) is 2.46. The van der Waals surface area contributed by atoms with Crippen LogP contribution in [0.4, 0.5) is 5.69 Å². The molecule has 4 rings (SSSR count). The molecule has 7 heteroatoms. The number of carboxylic acid groups (broad SMARTS) is 1. The van der Waals surface area contributed by atoms with E-state index < -0.39 is 5.97 Å². The molecule has 0 radical (unpaired) electrons. The van der Waals surface area contributed by atoms with Crippen LogP contribution in [0, 0.1) is 5.92 Å². The number of anilines is 1. The first-order valence-corrected chi connectivity index (χ1v) is 10.0. The maximum Gasteiger partial charge on any atom is 0.336 e. The molecule has 0 aromatic heterocycles. The van der Waals surface area contributed by atoms with E-state index in [-0.39, 0.29) is 22.7 Å². The Morgan fingerprint density at radius 1 is 1.03 bits per heavy atom. The molecular formula is C24H19NO5S. The number of carbonyl (C=O) groups is 1. The standard InChI is InChI=1S/C24H19NO5S/c1-12(2)23(31)25-13-3-6-16(24(28)29)19(9-13)22-17-7-4-14(26)10-20(17)30-21-11-15(27)5-8-18(21)22/h3-12,26H,1-2H3,(H,25,31)(H,28,29). The van der Waals surface area contributed by atoms with Crippen molar-refractivity contribution >= 4 is 39.8 Å². The van der Waals surface area contributed by atoms with Gasteiger partial charge in [0.25, 0.3) is 0 Å². The Morgan fingerprint density at radius 2 is 1.81 bits per heavy atom. The number of rotatable bonds is 4. The first kappa shape index (κ1) is 20.6. The average molecular weight is 433 g/mol. The van der Waals surface area contributed by atoms with Gasteiger partial charge in [-0.1, -0.05) is 26.1 Å². The highest BCUT2D eigenvalue weighted by atomic mass is 32.1. The summed E-state index contributed by atoms with van der Waals surface area (Å²) in [5.74, 6) is -0.675. The predicted molar refractivity (Wildman–Crippen MR) is 124 cm³/mol. The summed E-state index contributed by atoms with van der Waals surface area (Å²) < 4.78 is 5.85. The fourth-order valence-corrected chi connectivity index (χ4v) is 3.57. The molecule has 0 bridgehead atoms. The third-order valence-corrected chi connectivity index (χ3v) is 5.56. The Balaban J connectivity index is 2.08. The van der Waals surface area contributed by atoms with Crippen LogP contribution in [0.25, 0.3) is 33.4 Å². The second-order valence-electron chi connectivity index (χ2n) is 7.52. The van der Waals surface area contributed by atoms with Gasteiger partial charge < -0.3 is 19.9 Å². The largest absolute Gasteiger partial charge is 0.508 e. The van der Waals surface area contributed by atoms with Gasteiger partial charge in [0, 0.05) is 40.3 Å². The van der Waals surface area contributed by atoms with Crippen LogP contribution in [0.2, 0.25) is 0 Å². The third-order valence-electron chi connectivity index (χ3n) is 4.99. The van der Waals surface area contributed by atoms with Gasteiger partial charge in [0.15, 0.2) is 5.43 Å². The lowest BCUT2D eigenvalue weighted by molar-refractivity contribution is 0.0697. The van der Waals surface area contributed by atoms with E-state index >= 15 is 0 Å². The van der Waals surface area contributed by atoms with Crippen molar-refractivity contribution in [1.29, 1.82) is 0 Å². The van der Waals surface area contributed by atoms with Crippen LogP contribution in [0.3, 0.4) is 0 Å². The normalized spacial score (nSPS) is 11.2. The Kier molecular flexibility index (Phi) is 5.20. The SMILES string of the molecule is CC(C)C(=S)Nc1ccc(C(=O)O)c(-c2c3ccc(=O)cc-3oc3cc(O)ccc23)c1. The second kappa shape index (κ2) is 7.85. The molecule has 156 valence electrons. The van der Waals surface area contributed by atoms with Gasteiger partial charge >= 0.3 is 5.97 Å². The zero-order valence-electron chi connectivity index (χ0n) is 16.8. The molecule has 3 N–H and O–H groups in total. The molecule has 0 atom stereocenters. The molecule has 0 amide bonds. The molecule has 0 unspecified atom stereocenters. The molecule has 2 aromatic carbocycles. The Bertz CT molecular complexity index is 1370. The van der Waals surface area contributed by atoms with Crippen LogP contribution in [0.15, 0.2) is 63.8 Å². The maximum absolute atomic E-state index is 12.1.